The van der Waals surface area contributed by atoms with E-state index in [0.717, 1.165) is 31.5 Å². The van der Waals surface area contributed by atoms with Gasteiger partial charge in [0, 0.05) is 43.5 Å². The number of nitrogens with zero attached hydrogens (tertiary/aromatic N) is 2. The third kappa shape index (κ3) is 5.38. The summed E-state index contributed by atoms with van der Waals surface area (Å²) in [5.74, 6) is -0.0965. The van der Waals surface area contributed by atoms with Crippen LogP contribution in [0.4, 0.5) is 4.39 Å². The van der Waals surface area contributed by atoms with Gasteiger partial charge < -0.3 is 10.2 Å². The number of carbonyl (C=O) groups is 2. The van der Waals surface area contributed by atoms with E-state index in [2.05, 4.69) is 10.3 Å². The Morgan fingerprint density at radius 1 is 1.25 bits per heavy atom. The second-order valence-corrected chi connectivity index (χ2v) is 7.35. The molecule has 1 atom stereocenters. The van der Waals surface area contributed by atoms with Crippen molar-refractivity contribution in [3.05, 3.63) is 65.2 Å². The second-order valence-electron chi connectivity index (χ2n) is 7.35. The van der Waals surface area contributed by atoms with Crippen LogP contribution in [-0.4, -0.2) is 34.8 Å². The second kappa shape index (κ2) is 9.44. The van der Waals surface area contributed by atoms with Gasteiger partial charge in [0.1, 0.15) is 5.82 Å². The highest BCUT2D eigenvalue weighted by molar-refractivity contribution is 5.94. The van der Waals surface area contributed by atoms with Crippen LogP contribution < -0.4 is 5.32 Å². The number of pyridine rings is 1. The number of aryl methyl sites for hydroxylation is 1. The number of carbonyl (C=O) groups excluding carboxylic acids is 2. The van der Waals surface area contributed by atoms with Gasteiger partial charge >= 0.3 is 0 Å². The Balaban J connectivity index is 1.45. The molecule has 0 unspecified atom stereocenters. The number of rotatable bonds is 6. The van der Waals surface area contributed by atoms with Gasteiger partial charge in [0.25, 0.3) is 5.91 Å². The normalized spacial score (nSPS) is 16.6. The quantitative estimate of drug-likeness (QED) is 0.831. The Labute approximate surface area is 165 Å². The summed E-state index contributed by atoms with van der Waals surface area (Å²) < 4.78 is 13.6. The summed E-state index contributed by atoms with van der Waals surface area (Å²) in [7, 11) is 0. The zero-order chi connectivity index (χ0) is 19.9. The molecule has 3 rings (SSSR count). The van der Waals surface area contributed by atoms with Gasteiger partial charge in [-0.1, -0.05) is 18.2 Å². The molecule has 2 heterocycles. The summed E-state index contributed by atoms with van der Waals surface area (Å²) in [6, 6.07) is 10.1. The molecule has 6 heteroatoms. The number of halogens is 1. The van der Waals surface area contributed by atoms with Gasteiger partial charge in [-0.25, -0.2) is 4.39 Å². The minimum atomic E-state index is -0.310. The lowest BCUT2D eigenvalue weighted by Gasteiger charge is -2.32. The zero-order valence-electron chi connectivity index (χ0n) is 16.2. The smallest absolute Gasteiger partial charge is 0.255 e. The van der Waals surface area contributed by atoms with E-state index >= 15 is 0 Å². The van der Waals surface area contributed by atoms with Crippen molar-refractivity contribution in [2.24, 2.45) is 5.92 Å². The summed E-state index contributed by atoms with van der Waals surface area (Å²) in [5, 5.41) is 2.78. The van der Waals surface area contributed by atoms with Gasteiger partial charge in [-0.15, -0.1) is 0 Å². The number of aromatic nitrogens is 1. The van der Waals surface area contributed by atoms with Gasteiger partial charge in [0.15, 0.2) is 0 Å². The van der Waals surface area contributed by atoms with Crippen molar-refractivity contribution in [3.63, 3.8) is 0 Å². The van der Waals surface area contributed by atoms with E-state index in [-0.39, 0.29) is 24.2 Å². The zero-order valence-corrected chi connectivity index (χ0v) is 16.2. The third-order valence-electron chi connectivity index (χ3n) is 5.18. The molecule has 1 aliphatic rings. The summed E-state index contributed by atoms with van der Waals surface area (Å²) in [4.78, 5) is 30.8. The van der Waals surface area contributed by atoms with Crippen molar-refractivity contribution < 1.29 is 14.0 Å². The molecule has 1 N–H and O–H groups in total. The van der Waals surface area contributed by atoms with Crippen LogP contribution in [0.2, 0.25) is 0 Å². The van der Waals surface area contributed by atoms with Crippen LogP contribution in [0.15, 0.2) is 42.6 Å². The predicted octanol–water partition coefficient (Wildman–Crippen LogP) is 3.48. The average molecular weight is 383 g/mol. The first-order valence-corrected chi connectivity index (χ1v) is 9.75. The van der Waals surface area contributed by atoms with Crippen molar-refractivity contribution in [3.8, 4) is 0 Å². The molecule has 1 aliphatic heterocycles. The third-order valence-corrected chi connectivity index (χ3v) is 5.18. The monoisotopic (exact) mass is 383 g/mol. The minimum Gasteiger partial charge on any atom is -0.352 e. The number of amides is 2. The van der Waals surface area contributed by atoms with E-state index in [1.807, 2.05) is 24.0 Å². The molecule has 5 nitrogen and oxygen atoms in total. The number of likely N-dealkylation sites (tertiary alicyclic amines) is 1. The lowest BCUT2D eigenvalue weighted by Crippen LogP contribution is -2.40. The SMILES string of the molecule is Cc1ccc(C(=O)N2CCC[C@@H](CCC(=O)NCc3ccccc3F)C2)cn1. The van der Waals surface area contributed by atoms with Crippen molar-refractivity contribution in [2.45, 2.75) is 39.2 Å². The Hall–Kier alpha value is -2.76. The van der Waals surface area contributed by atoms with Crippen LogP contribution in [0.5, 0.6) is 0 Å². The summed E-state index contributed by atoms with van der Waals surface area (Å²) >= 11 is 0. The fraction of sp³-hybridized carbons (Fsp3) is 0.409. The molecule has 28 heavy (non-hydrogen) atoms. The summed E-state index contributed by atoms with van der Waals surface area (Å²) in [6.45, 7) is 3.49. The molecular weight excluding hydrogens is 357 g/mol. The Morgan fingerprint density at radius 3 is 2.82 bits per heavy atom. The molecule has 2 amide bonds. The van der Waals surface area contributed by atoms with E-state index in [9.17, 15) is 14.0 Å². The van der Waals surface area contributed by atoms with Crippen LogP contribution in [0.25, 0.3) is 0 Å². The number of hydrogen-bond donors (Lipinski definition) is 1. The fourth-order valence-corrected chi connectivity index (χ4v) is 3.52. The molecule has 0 bridgehead atoms. The summed E-state index contributed by atoms with van der Waals surface area (Å²) in [5.41, 5.74) is 1.97. The average Bonchev–Trinajstić information content (AvgIpc) is 2.72. The van der Waals surface area contributed by atoms with Gasteiger partial charge in [0.2, 0.25) is 5.91 Å². The first kappa shape index (κ1) is 20.0. The molecule has 0 aliphatic carbocycles. The molecule has 0 saturated carbocycles. The van der Waals surface area contributed by atoms with Crippen LogP contribution >= 0.6 is 0 Å². The topological polar surface area (TPSA) is 62.3 Å². The van der Waals surface area contributed by atoms with Gasteiger partial charge in [0.05, 0.1) is 5.56 Å². The van der Waals surface area contributed by atoms with E-state index in [1.165, 1.54) is 6.07 Å². The standard InChI is InChI=1S/C22H26FN3O2/c1-16-8-10-19(14-24-16)22(28)26-12-4-5-17(15-26)9-11-21(27)25-13-18-6-2-3-7-20(18)23/h2-3,6-8,10,14,17H,4-5,9,11-13,15H2,1H3,(H,25,27)/t17-/m0/s1. The van der Waals surface area contributed by atoms with Gasteiger partial charge in [-0.3, -0.25) is 14.6 Å². The van der Waals surface area contributed by atoms with Crippen molar-refractivity contribution in [1.82, 2.24) is 15.2 Å². The number of hydrogen-bond acceptors (Lipinski definition) is 3. The molecule has 1 fully saturated rings. The fourth-order valence-electron chi connectivity index (χ4n) is 3.52. The molecule has 2 aromatic rings. The molecule has 0 spiro atoms. The van der Waals surface area contributed by atoms with E-state index in [4.69, 9.17) is 0 Å². The molecule has 148 valence electrons. The van der Waals surface area contributed by atoms with Crippen molar-refractivity contribution in [2.75, 3.05) is 13.1 Å². The first-order valence-electron chi connectivity index (χ1n) is 9.75. The maximum Gasteiger partial charge on any atom is 0.255 e. The molecule has 1 saturated heterocycles. The summed E-state index contributed by atoms with van der Waals surface area (Å²) in [6.07, 6.45) is 4.67. The molecule has 1 aromatic carbocycles. The number of nitrogens with one attached hydrogen (secondary N) is 1. The lowest BCUT2D eigenvalue weighted by atomic mass is 9.93. The highest BCUT2D eigenvalue weighted by Gasteiger charge is 2.25. The van der Waals surface area contributed by atoms with Crippen LogP contribution in [0, 0.1) is 18.7 Å². The number of piperidine rings is 1. The Kier molecular flexibility index (Phi) is 6.74. The minimum absolute atomic E-state index is 0.00112. The van der Waals surface area contributed by atoms with E-state index < -0.39 is 0 Å². The molecule has 0 radical (unpaired) electrons. The van der Waals surface area contributed by atoms with Gasteiger partial charge in [-0.05, 0) is 50.3 Å². The largest absolute Gasteiger partial charge is 0.352 e. The predicted molar refractivity (Wildman–Crippen MR) is 105 cm³/mol. The lowest BCUT2D eigenvalue weighted by molar-refractivity contribution is -0.121. The van der Waals surface area contributed by atoms with Crippen LogP contribution in [0.3, 0.4) is 0 Å². The van der Waals surface area contributed by atoms with Gasteiger partial charge in [-0.2, -0.15) is 0 Å². The highest BCUT2D eigenvalue weighted by Crippen LogP contribution is 2.22. The Bertz CT molecular complexity index is 823. The molecular formula is C22H26FN3O2. The maximum atomic E-state index is 13.6. The number of benzene rings is 1. The van der Waals surface area contributed by atoms with Crippen molar-refractivity contribution >= 4 is 11.8 Å². The molecule has 1 aromatic heterocycles. The van der Waals surface area contributed by atoms with E-state index in [1.54, 1.807) is 24.4 Å². The Morgan fingerprint density at radius 2 is 2.07 bits per heavy atom. The van der Waals surface area contributed by atoms with E-state index in [0.29, 0.717) is 30.0 Å². The van der Waals surface area contributed by atoms with Crippen LogP contribution in [0.1, 0.15) is 47.3 Å². The van der Waals surface area contributed by atoms with Crippen molar-refractivity contribution in [1.29, 1.82) is 0 Å². The van der Waals surface area contributed by atoms with Crippen LogP contribution in [-0.2, 0) is 11.3 Å². The maximum absolute atomic E-state index is 13.6. The highest BCUT2D eigenvalue weighted by atomic mass is 19.1. The first-order chi connectivity index (χ1) is 13.5.